The van der Waals surface area contributed by atoms with E-state index in [2.05, 4.69) is 15.4 Å². The number of aromatic nitrogens is 3. The third-order valence-corrected chi connectivity index (χ3v) is 3.19. The van der Waals surface area contributed by atoms with Crippen LogP contribution >= 0.6 is 11.6 Å². The van der Waals surface area contributed by atoms with E-state index >= 15 is 0 Å². The van der Waals surface area contributed by atoms with Gasteiger partial charge >= 0.3 is 0 Å². The maximum atomic E-state index is 11.8. The first-order chi connectivity index (χ1) is 7.31. The van der Waals surface area contributed by atoms with Crippen LogP contribution in [0.5, 0.6) is 0 Å². The molecule has 0 aromatic carbocycles. The van der Waals surface area contributed by atoms with E-state index in [-0.39, 0.29) is 5.91 Å². The lowest BCUT2D eigenvalue weighted by molar-refractivity contribution is 0.0692. The van der Waals surface area contributed by atoms with Crippen LogP contribution in [0, 0.1) is 5.92 Å². The van der Waals surface area contributed by atoms with Crippen LogP contribution in [0.25, 0.3) is 0 Å². The molecule has 1 N–H and O–H groups in total. The molecule has 0 bridgehead atoms. The molecule has 1 aromatic heterocycles. The second kappa shape index (κ2) is 4.61. The highest BCUT2D eigenvalue weighted by atomic mass is 35.5. The molecule has 0 saturated carbocycles. The van der Waals surface area contributed by atoms with Crippen molar-refractivity contribution in [3.05, 3.63) is 11.9 Å². The fraction of sp³-hybridized carbons (Fsp3) is 0.667. The minimum Gasteiger partial charge on any atom is -0.337 e. The number of halogens is 1. The van der Waals surface area contributed by atoms with Gasteiger partial charge in [-0.1, -0.05) is 0 Å². The molecule has 1 amide bonds. The van der Waals surface area contributed by atoms with Gasteiger partial charge in [-0.3, -0.25) is 4.79 Å². The van der Waals surface area contributed by atoms with E-state index in [1.54, 1.807) is 4.90 Å². The summed E-state index contributed by atoms with van der Waals surface area (Å²) in [6.45, 7) is 1.53. The molecule has 1 aromatic rings. The molecule has 82 valence electrons. The van der Waals surface area contributed by atoms with E-state index in [9.17, 15) is 4.79 Å². The van der Waals surface area contributed by atoms with E-state index in [1.807, 2.05) is 0 Å². The van der Waals surface area contributed by atoms with E-state index < -0.39 is 0 Å². The van der Waals surface area contributed by atoms with Crippen molar-refractivity contribution in [2.24, 2.45) is 5.92 Å². The van der Waals surface area contributed by atoms with Gasteiger partial charge in [-0.05, 0) is 18.8 Å². The molecular weight excluding hydrogens is 216 g/mol. The number of aromatic amines is 1. The van der Waals surface area contributed by atoms with Crippen molar-refractivity contribution >= 4 is 17.5 Å². The van der Waals surface area contributed by atoms with Gasteiger partial charge in [0.25, 0.3) is 5.91 Å². The first-order valence-electron chi connectivity index (χ1n) is 5.02. The van der Waals surface area contributed by atoms with Crippen LogP contribution in [-0.4, -0.2) is 45.2 Å². The summed E-state index contributed by atoms with van der Waals surface area (Å²) in [5, 5.41) is 9.84. The predicted octanol–water partition coefficient (Wildman–Crippen LogP) is 0.896. The summed E-state index contributed by atoms with van der Waals surface area (Å²) in [4.78, 5) is 13.6. The fourth-order valence-corrected chi connectivity index (χ4v) is 2.07. The van der Waals surface area contributed by atoms with Crippen molar-refractivity contribution in [1.29, 1.82) is 0 Å². The van der Waals surface area contributed by atoms with Crippen molar-refractivity contribution < 1.29 is 4.79 Å². The lowest BCUT2D eigenvalue weighted by Gasteiger charge is -2.30. The zero-order valence-electron chi connectivity index (χ0n) is 8.32. The SMILES string of the molecule is O=C(c1cn[nH]n1)N1CCC(CCl)CC1. The molecule has 1 aliphatic heterocycles. The normalized spacial score (nSPS) is 18.1. The summed E-state index contributed by atoms with van der Waals surface area (Å²) in [7, 11) is 0. The zero-order valence-corrected chi connectivity index (χ0v) is 9.07. The molecule has 0 unspecified atom stereocenters. The Hall–Kier alpha value is -1.10. The Kier molecular flexibility index (Phi) is 3.20. The Labute approximate surface area is 92.8 Å². The van der Waals surface area contributed by atoms with Crippen molar-refractivity contribution in [2.45, 2.75) is 12.8 Å². The van der Waals surface area contributed by atoms with E-state index in [0.29, 0.717) is 17.5 Å². The molecule has 1 aliphatic rings. The van der Waals surface area contributed by atoms with E-state index in [0.717, 1.165) is 25.9 Å². The predicted molar refractivity (Wildman–Crippen MR) is 55.7 cm³/mol. The molecule has 1 saturated heterocycles. The first kappa shape index (κ1) is 10.4. The Morgan fingerprint density at radius 3 is 2.87 bits per heavy atom. The lowest BCUT2D eigenvalue weighted by atomic mass is 9.99. The van der Waals surface area contributed by atoms with E-state index in [4.69, 9.17) is 11.6 Å². The highest BCUT2D eigenvalue weighted by molar-refractivity contribution is 6.18. The van der Waals surface area contributed by atoms with Gasteiger partial charge in [0.15, 0.2) is 5.69 Å². The third-order valence-electron chi connectivity index (χ3n) is 2.75. The standard InChI is InChI=1S/C9H13ClN4O/c10-5-7-1-3-14(4-2-7)9(15)8-6-11-13-12-8/h6-7H,1-5H2,(H,11,12,13). The Morgan fingerprint density at radius 1 is 1.60 bits per heavy atom. The van der Waals surface area contributed by atoms with Gasteiger partial charge in [0.05, 0.1) is 6.20 Å². The number of nitrogens with one attached hydrogen (secondary N) is 1. The number of piperidine rings is 1. The Morgan fingerprint density at radius 2 is 2.33 bits per heavy atom. The van der Waals surface area contributed by atoms with Gasteiger partial charge in [0.1, 0.15) is 0 Å². The average molecular weight is 229 g/mol. The summed E-state index contributed by atoms with van der Waals surface area (Å²) >= 11 is 5.78. The number of H-pyrrole nitrogens is 1. The summed E-state index contributed by atoms with van der Waals surface area (Å²) in [6.07, 6.45) is 3.41. The summed E-state index contributed by atoms with van der Waals surface area (Å²) < 4.78 is 0. The number of likely N-dealkylation sites (tertiary alicyclic amines) is 1. The van der Waals surface area contributed by atoms with Crippen molar-refractivity contribution in [1.82, 2.24) is 20.3 Å². The summed E-state index contributed by atoms with van der Waals surface area (Å²) in [6, 6.07) is 0. The summed E-state index contributed by atoms with van der Waals surface area (Å²) in [5.41, 5.74) is 0.388. The summed E-state index contributed by atoms with van der Waals surface area (Å²) in [5.74, 6) is 1.19. The molecule has 15 heavy (non-hydrogen) atoms. The second-order valence-corrected chi connectivity index (χ2v) is 4.05. The number of amides is 1. The largest absolute Gasteiger partial charge is 0.337 e. The zero-order chi connectivity index (χ0) is 10.7. The first-order valence-corrected chi connectivity index (χ1v) is 5.55. The van der Waals surface area contributed by atoms with Crippen LogP contribution in [-0.2, 0) is 0 Å². The minimum atomic E-state index is -0.0447. The second-order valence-electron chi connectivity index (χ2n) is 3.75. The van der Waals surface area contributed by atoms with Crippen LogP contribution < -0.4 is 0 Å². The quantitative estimate of drug-likeness (QED) is 0.765. The third kappa shape index (κ3) is 2.28. The number of alkyl halides is 1. The molecule has 5 nitrogen and oxygen atoms in total. The molecule has 1 fully saturated rings. The molecule has 2 heterocycles. The van der Waals surface area contributed by atoms with Crippen LogP contribution in [0.15, 0.2) is 6.20 Å². The molecule has 0 aliphatic carbocycles. The molecule has 0 atom stereocenters. The highest BCUT2D eigenvalue weighted by Crippen LogP contribution is 2.19. The molecule has 0 spiro atoms. The topological polar surface area (TPSA) is 61.9 Å². The van der Waals surface area contributed by atoms with Gasteiger partial charge < -0.3 is 4.90 Å². The Balaban J connectivity index is 1.93. The van der Waals surface area contributed by atoms with Crippen molar-refractivity contribution in [3.8, 4) is 0 Å². The van der Waals surface area contributed by atoms with Gasteiger partial charge in [-0.2, -0.15) is 15.4 Å². The number of carbonyl (C=O) groups is 1. The van der Waals surface area contributed by atoms with Crippen LogP contribution in [0.2, 0.25) is 0 Å². The Bertz CT molecular complexity index is 319. The smallest absolute Gasteiger partial charge is 0.276 e. The highest BCUT2D eigenvalue weighted by Gasteiger charge is 2.24. The van der Waals surface area contributed by atoms with Gasteiger partial charge in [-0.15, -0.1) is 11.6 Å². The number of carbonyl (C=O) groups excluding carboxylic acids is 1. The average Bonchev–Trinajstić information content (AvgIpc) is 2.82. The number of nitrogens with zero attached hydrogens (tertiary/aromatic N) is 3. The maximum Gasteiger partial charge on any atom is 0.276 e. The molecule has 6 heteroatoms. The van der Waals surface area contributed by atoms with E-state index in [1.165, 1.54) is 6.20 Å². The van der Waals surface area contributed by atoms with Gasteiger partial charge in [-0.25, -0.2) is 0 Å². The van der Waals surface area contributed by atoms with Crippen molar-refractivity contribution in [2.75, 3.05) is 19.0 Å². The maximum absolute atomic E-state index is 11.8. The number of hydrogen-bond donors (Lipinski definition) is 1. The van der Waals surface area contributed by atoms with Crippen molar-refractivity contribution in [3.63, 3.8) is 0 Å². The van der Waals surface area contributed by atoms with Crippen LogP contribution in [0.4, 0.5) is 0 Å². The molecule has 2 rings (SSSR count). The molecular formula is C9H13ClN4O. The number of rotatable bonds is 2. The van der Waals surface area contributed by atoms with Crippen LogP contribution in [0.3, 0.4) is 0 Å². The minimum absolute atomic E-state index is 0.0447. The lowest BCUT2D eigenvalue weighted by Crippen LogP contribution is -2.39. The monoisotopic (exact) mass is 228 g/mol. The fourth-order valence-electron chi connectivity index (χ4n) is 1.76. The number of hydrogen-bond acceptors (Lipinski definition) is 3. The van der Waals surface area contributed by atoms with Gasteiger partial charge in [0.2, 0.25) is 0 Å². The molecule has 0 radical (unpaired) electrons. The van der Waals surface area contributed by atoms with Crippen LogP contribution in [0.1, 0.15) is 23.3 Å². The van der Waals surface area contributed by atoms with Gasteiger partial charge in [0, 0.05) is 19.0 Å².